The SMILES string of the molecule is CC(C(=O)Nc1cc(F)cc(Cl)c1)/C(N)=N/O. The molecule has 0 aliphatic rings. The summed E-state index contributed by atoms with van der Waals surface area (Å²) in [4.78, 5) is 11.6. The second kappa shape index (κ2) is 5.49. The topological polar surface area (TPSA) is 87.7 Å². The van der Waals surface area contributed by atoms with E-state index in [9.17, 15) is 9.18 Å². The van der Waals surface area contributed by atoms with E-state index < -0.39 is 17.6 Å². The van der Waals surface area contributed by atoms with Gasteiger partial charge in [-0.3, -0.25) is 4.79 Å². The number of amides is 1. The Labute approximate surface area is 102 Å². The molecule has 0 aromatic heterocycles. The van der Waals surface area contributed by atoms with Gasteiger partial charge in [0.25, 0.3) is 0 Å². The first-order valence-corrected chi connectivity index (χ1v) is 5.06. The minimum absolute atomic E-state index is 0.164. The highest BCUT2D eigenvalue weighted by molar-refractivity contribution is 6.31. The fraction of sp³-hybridized carbons (Fsp3) is 0.200. The van der Waals surface area contributed by atoms with Crippen LogP contribution in [0.5, 0.6) is 0 Å². The maximum absolute atomic E-state index is 13.0. The molecule has 0 radical (unpaired) electrons. The van der Waals surface area contributed by atoms with E-state index in [-0.39, 0.29) is 16.5 Å². The molecule has 1 aromatic rings. The van der Waals surface area contributed by atoms with Crippen molar-refractivity contribution in [1.29, 1.82) is 0 Å². The highest BCUT2D eigenvalue weighted by Crippen LogP contribution is 2.18. The zero-order chi connectivity index (χ0) is 13.0. The Morgan fingerprint density at radius 2 is 2.24 bits per heavy atom. The number of carbonyl (C=O) groups is 1. The summed E-state index contributed by atoms with van der Waals surface area (Å²) in [6, 6.07) is 3.62. The third kappa shape index (κ3) is 3.60. The molecule has 17 heavy (non-hydrogen) atoms. The molecule has 0 spiro atoms. The standard InChI is InChI=1S/C10H11ClFN3O2/c1-5(9(13)15-17)10(16)14-8-3-6(11)2-7(12)4-8/h2-5,17H,1H3,(H2,13,15)(H,14,16). The molecule has 1 aromatic carbocycles. The van der Waals surface area contributed by atoms with Crippen molar-refractivity contribution in [3.05, 3.63) is 29.0 Å². The minimum atomic E-state index is -0.831. The van der Waals surface area contributed by atoms with E-state index in [1.165, 1.54) is 13.0 Å². The number of anilines is 1. The monoisotopic (exact) mass is 259 g/mol. The van der Waals surface area contributed by atoms with Crippen LogP contribution in [0.3, 0.4) is 0 Å². The van der Waals surface area contributed by atoms with Crippen molar-refractivity contribution in [1.82, 2.24) is 0 Å². The van der Waals surface area contributed by atoms with Crippen LogP contribution in [0.1, 0.15) is 6.92 Å². The maximum atomic E-state index is 13.0. The van der Waals surface area contributed by atoms with Crippen molar-refractivity contribution in [3.8, 4) is 0 Å². The van der Waals surface area contributed by atoms with Crippen LogP contribution in [0.2, 0.25) is 5.02 Å². The van der Waals surface area contributed by atoms with Gasteiger partial charge in [0.15, 0.2) is 5.84 Å². The van der Waals surface area contributed by atoms with Crippen molar-refractivity contribution in [2.24, 2.45) is 16.8 Å². The first kappa shape index (κ1) is 13.2. The van der Waals surface area contributed by atoms with Crippen LogP contribution < -0.4 is 11.1 Å². The summed E-state index contributed by atoms with van der Waals surface area (Å²) in [6.07, 6.45) is 0. The van der Waals surface area contributed by atoms with Crippen LogP contribution in [-0.2, 0) is 4.79 Å². The van der Waals surface area contributed by atoms with Crippen LogP contribution in [0.15, 0.2) is 23.4 Å². The molecule has 1 rings (SSSR count). The summed E-state index contributed by atoms with van der Waals surface area (Å²) in [5.41, 5.74) is 5.48. The van der Waals surface area contributed by atoms with Crippen molar-refractivity contribution < 1.29 is 14.4 Å². The zero-order valence-corrected chi connectivity index (χ0v) is 9.70. The number of hydrogen-bond acceptors (Lipinski definition) is 3. The van der Waals surface area contributed by atoms with Crippen molar-refractivity contribution in [2.75, 3.05) is 5.32 Å². The lowest BCUT2D eigenvalue weighted by atomic mass is 10.1. The van der Waals surface area contributed by atoms with Gasteiger partial charge >= 0.3 is 0 Å². The number of nitrogens with zero attached hydrogens (tertiary/aromatic N) is 1. The molecule has 0 saturated heterocycles. The predicted octanol–water partition coefficient (Wildman–Crippen LogP) is 1.80. The van der Waals surface area contributed by atoms with Crippen LogP contribution >= 0.6 is 11.6 Å². The molecule has 1 unspecified atom stereocenters. The smallest absolute Gasteiger partial charge is 0.234 e. The normalized spacial score (nSPS) is 13.2. The summed E-state index contributed by atoms with van der Waals surface area (Å²) >= 11 is 5.62. The molecular formula is C10H11ClFN3O2. The molecule has 1 atom stereocenters. The molecule has 4 N–H and O–H groups in total. The molecule has 92 valence electrons. The summed E-state index contributed by atoms with van der Waals surface area (Å²) in [7, 11) is 0. The minimum Gasteiger partial charge on any atom is -0.409 e. The first-order valence-electron chi connectivity index (χ1n) is 4.68. The van der Waals surface area contributed by atoms with Crippen LogP contribution in [0.4, 0.5) is 10.1 Å². The number of rotatable bonds is 3. The van der Waals surface area contributed by atoms with E-state index >= 15 is 0 Å². The molecule has 5 nitrogen and oxygen atoms in total. The number of hydrogen-bond donors (Lipinski definition) is 3. The van der Waals surface area contributed by atoms with Gasteiger partial charge in [-0.2, -0.15) is 0 Å². The van der Waals surface area contributed by atoms with E-state index in [1.54, 1.807) is 0 Å². The van der Waals surface area contributed by atoms with Gasteiger partial charge in [-0.15, -0.1) is 0 Å². The molecule has 0 saturated carbocycles. The molecule has 0 aliphatic heterocycles. The van der Waals surface area contributed by atoms with E-state index in [4.69, 9.17) is 22.5 Å². The summed E-state index contributed by atoms with van der Waals surface area (Å²) in [5.74, 6) is -2.15. The Hall–Kier alpha value is -1.82. The second-order valence-corrected chi connectivity index (χ2v) is 3.83. The maximum Gasteiger partial charge on any atom is 0.234 e. The molecule has 7 heteroatoms. The molecule has 0 aliphatic carbocycles. The lowest BCUT2D eigenvalue weighted by Crippen LogP contribution is -2.32. The highest BCUT2D eigenvalue weighted by Gasteiger charge is 2.17. The van der Waals surface area contributed by atoms with Crippen molar-refractivity contribution >= 4 is 29.0 Å². The van der Waals surface area contributed by atoms with Gasteiger partial charge in [-0.25, -0.2) is 4.39 Å². The molecular weight excluding hydrogens is 249 g/mol. The molecule has 1 amide bonds. The van der Waals surface area contributed by atoms with E-state index in [2.05, 4.69) is 10.5 Å². The second-order valence-electron chi connectivity index (χ2n) is 3.39. The van der Waals surface area contributed by atoms with Crippen molar-refractivity contribution in [2.45, 2.75) is 6.92 Å². The van der Waals surface area contributed by atoms with Crippen molar-refractivity contribution in [3.63, 3.8) is 0 Å². The van der Waals surface area contributed by atoms with Crippen LogP contribution in [0, 0.1) is 11.7 Å². The Kier molecular flexibility index (Phi) is 4.28. The van der Waals surface area contributed by atoms with Crippen LogP contribution in [0.25, 0.3) is 0 Å². The molecule has 0 bridgehead atoms. The summed E-state index contributed by atoms with van der Waals surface area (Å²) in [5, 5.41) is 13.7. The van der Waals surface area contributed by atoms with Gasteiger partial charge in [0.2, 0.25) is 5.91 Å². The molecule has 0 heterocycles. The van der Waals surface area contributed by atoms with Crippen LogP contribution in [-0.4, -0.2) is 17.0 Å². The number of carbonyl (C=O) groups excluding carboxylic acids is 1. The summed E-state index contributed by atoms with van der Waals surface area (Å²) in [6.45, 7) is 1.45. The third-order valence-corrected chi connectivity index (χ3v) is 2.30. The number of oxime groups is 1. The predicted molar refractivity (Wildman–Crippen MR) is 62.6 cm³/mol. The van der Waals surface area contributed by atoms with Gasteiger partial charge in [-0.1, -0.05) is 16.8 Å². The van der Waals surface area contributed by atoms with Gasteiger partial charge in [-0.05, 0) is 25.1 Å². The number of nitrogens with two attached hydrogens (primary N) is 1. The Morgan fingerprint density at radius 1 is 1.59 bits per heavy atom. The van der Waals surface area contributed by atoms with Gasteiger partial charge < -0.3 is 16.3 Å². The Morgan fingerprint density at radius 3 is 2.76 bits per heavy atom. The number of benzene rings is 1. The average molecular weight is 260 g/mol. The lowest BCUT2D eigenvalue weighted by Gasteiger charge is -2.10. The largest absolute Gasteiger partial charge is 0.409 e. The average Bonchev–Trinajstić information content (AvgIpc) is 2.25. The van der Waals surface area contributed by atoms with Gasteiger partial charge in [0.1, 0.15) is 5.82 Å². The van der Waals surface area contributed by atoms with Gasteiger partial charge in [0.05, 0.1) is 5.92 Å². The zero-order valence-electron chi connectivity index (χ0n) is 8.95. The fourth-order valence-corrected chi connectivity index (χ4v) is 1.32. The van der Waals surface area contributed by atoms with Gasteiger partial charge in [0, 0.05) is 10.7 Å². The quantitative estimate of drug-likeness (QED) is 0.335. The Bertz CT molecular complexity index is 445. The lowest BCUT2D eigenvalue weighted by molar-refractivity contribution is -0.117. The first-order chi connectivity index (χ1) is 7.93. The number of nitrogens with one attached hydrogen (secondary N) is 1. The number of halogens is 2. The fourth-order valence-electron chi connectivity index (χ4n) is 1.10. The summed E-state index contributed by atoms with van der Waals surface area (Å²) < 4.78 is 13.0. The highest BCUT2D eigenvalue weighted by atomic mass is 35.5. The Balaban J connectivity index is 2.81. The third-order valence-electron chi connectivity index (χ3n) is 2.08. The molecule has 0 fully saturated rings. The van der Waals surface area contributed by atoms with E-state index in [0.717, 1.165) is 12.1 Å². The number of amidine groups is 1. The van der Waals surface area contributed by atoms with E-state index in [1.807, 2.05) is 0 Å². The van der Waals surface area contributed by atoms with E-state index in [0.29, 0.717) is 0 Å².